The molecular weight excluding hydrogens is 486 g/mol. The molecule has 1 amide bonds. The number of aromatic nitrogens is 2. The number of pyridine rings is 2. The summed E-state index contributed by atoms with van der Waals surface area (Å²) in [6.45, 7) is 3.80. The summed E-state index contributed by atoms with van der Waals surface area (Å²) in [7, 11) is 0. The van der Waals surface area contributed by atoms with Crippen LogP contribution in [0.2, 0.25) is 0 Å². The summed E-state index contributed by atoms with van der Waals surface area (Å²) < 4.78 is 5.93. The molecule has 0 aliphatic carbocycles. The number of nitrogens with one attached hydrogen (secondary N) is 2. The number of aromatic amines is 1. The summed E-state index contributed by atoms with van der Waals surface area (Å²) in [6, 6.07) is 29.3. The van der Waals surface area contributed by atoms with Crippen molar-refractivity contribution in [3.63, 3.8) is 0 Å². The fraction of sp³-hybridized carbons (Fsp3) is 0.182. The first-order chi connectivity index (χ1) is 18.9. The van der Waals surface area contributed by atoms with Crippen molar-refractivity contribution >= 4 is 16.8 Å². The minimum atomic E-state index is -0.534. The van der Waals surface area contributed by atoms with Crippen molar-refractivity contribution in [1.29, 1.82) is 0 Å². The van der Waals surface area contributed by atoms with E-state index in [2.05, 4.69) is 27.4 Å². The van der Waals surface area contributed by atoms with Crippen LogP contribution in [0.1, 0.15) is 30.5 Å². The molecule has 0 unspecified atom stereocenters. The maximum absolute atomic E-state index is 13.2. The van der Waals surface area contributed by atoms with Crippen molar-refractivity contribution in [2.24, 2.45) is 0 Å². The van der Waals surface area contributed by atoms with Gasteiger partial charge in [0.1, 0.15) is 5.75 Å². The molecule has 0 aliphatic heterocycles. The summed E-state index contributed by atoms with van der Waals surface area (Å²) in [5.41, 5.74) is 4.52. The lowest BCUT2D eigenvalue weighted by Crippen LogP contribution is -2.43. The molecule has 3 aromatic carbocycles. The molecule has 196 valence electrons. The second-order valence-electron chi connectivity index (χ2n) is 10.1. The Morgan fingerprint density at radius 3 is 2.38 bits per heavy atom. The number of carbonyl (C=O) groups excluding carboxylic acids is 1. The molecule has 5 rings (SSSR count). The highest BCUT2D eigenvalue weighted by Gasteiger charge is 2.23. The van der Waals surface area contributed by atoms with Crippen molar-refractivity contribution in [2.75, 3.05) is 6.61 Å². The Kier molecular flexibility index (Phi) is 7.55. The number of H-pyrrole nitrogens is 1. The van der Waals surface area contributed by atoms with Gasteiger partial charge in [0.15, 0.2) is 6.61 Å². The zero-order valence-electron chi connectivity index (χ0n) is 22.1. The lowest BCUT2D eigenvalue weighted by atomic mass is 9.93. The summed E-state index contributed by atoms with van der Waals surface area (Å²) in [5, 5.41) is 3.93. The van der Waals surface area contributed by atoms with Gasteiger partial charge in [0, 0.05) is 28.9 Å². The van der Waals surface area contributed by atoms with Crippen LogP contribution < -0.4 is 15.6 Å². The van der Waals surface area contributed by atoms with Crippen molar-refractivity contribution in [1.82, 2.24) is 15.3 Å². The number of rotatable bonds is 9. The van der Waals surface area contributed by atoms with Gasteiger partial charge in [-0.05, 0) is 67.6 Å². The second kappa shape index (κ2) is 11.4. The molecule has 0 radical (unpaired) electrons. The van der Waals surface area contributed by atoms with E-state index in [1.165, 1.54) is 5.56 Å². The molecule has 0 fully saturated rings. The number of ether oxygens (including phenoxy) is 1. The molecule has 0 aliphatic rings. The summed E-state index contributed by atoms with van der Waals surface area (Å²) in [4.78, 5) is 33.3. The van der Waals surface area contributed by atoms with Gasteiger partial charge in [-0.25, -0.2) is 0 Å². The number of nitrogens with zero attached hydrogens (tertiary/aromatic N) is 1. The predicted octanol–water partition coefficient (Wildman–Crippen LogP) is 5.81. The Bertz CT molecular complexity index is 1630. The normalized spacial score (nSPS) is 11.3. The topological polar surface area (TPSA) is 84.1 Å². The van der Waals surface area contributed by atoms with Gasteiger partial charge in [-0.1, -0.05) is 66.7 Å². The summed E-state index contributed by atoms with van der Waals surface area (Å²) >= 11 is 0. The van der Waals surface area contributed by atoms with Gasteiger partial charge in [-0.15, -0.1) is 0 Å². The number of hydrogen-bond donors (Lipinski definition) is 2. The van der Waals surface area contributed by atoms with Gasteiger partial charge in [0.25, 0.3) is 11.5 Å². The van der Waals surface area contributed by atoms with E-state index in [4.69, 9.17) is 4.74 Å². The molecule has 39 heavy (non-hydrogen) atoms. The molecule has 2 N–H and O–H groups in total. The second-order valence-corrected chi connectivity index (χ2v) is 10.1. The molecule has 0 spiro atoms. The summed E-state index contributed by atoms with van der Waals surface area (Å²) in [6.07, 6.45) is 4.83. The highest BCUT2D eigenvalue weighted by atomic mass is 16.5. The molecule has 0 atom stereocenters. The third-order valence-corrected chi connectivity index (χ3v) is 6.87. The van der Waals surface area contributed by atoms with E-state index >= 15 is 0 Å². The van der Waals surface area contributed by atoms with Crippen LogP contribution in [-0.4, -0.2) is 22.5 Å². The molecule has 2 heterocycles. The molecule has 6 heteroatoms. The van der Waals surface area contributed by atoms with Crippen LogP contribution in [0.25, 0.3) is 22.0 Å². The van der Waals surface area contributed by atoms with Gasteiger partial charge in [-0.2, -0.15) is 0 Å². The van der Waals surface area contributed by atoms with Crippen LogP contribution >= 0.6 is 0 Å². The first-order valence-corrected chi connectivity index (χ1v) is 13.0. The molecule has 0 saturated heterocycles. The molecule has 5 aromatic rings. The average molecular weight is 518 g/mol. The first-order valence-electron chi connectivity index (χ1n) is 13.0. The van der Waals surface area contributed by atoms with E-state index in [1.54, 1.807) is 18.5 Å². The Morgan fingerprint density at radius 1 is 0.923 bits per heavy atom. The van der Waals surface area contributed by atoms with E-state index < -0.39 is 5.54 Å². The molecule has 0 bridgehead atoms. The van der Waals surface area contributed by atoms with Crippen LogP contribution in [0.15, 0.2) is 108 Å². The minimum Gasteiger partial charge on any atom is -0.484 e. The van der Waals surface area contributed by atoms with Crippen molar-refractivity contribution in [3.05, 3.63) is 130 Å². The van der Waals surface area contributed by atoms with Gasteiger partial charge in [-0.3, -0.25) is 14.6 Å². The number of carbonyl (C=O) groups is 1. The van der Waals surface area contributed by atoms with E-state index in [1.807, 2.05) is 86.6 Å². The largest absolute Gasteiger partial charge is 0.484 e. The Morgan fingerprint density at radius 2 is 1.67 bits per heavy atom. The quantitative estimate of drug-likeness (QED) is 0.259. The molecule has 2 aromatic heterocycles. The number of benzene rings is 3. The Balaban J connectivity index is 1.44. The van der Waals surface area contributed by atoms with Gasteiger partial charge < -0.3 is 15.0 Å². The molecule has 0 saturated carbocycles. The third-order valence-electron chi connectivity index (χ3n) is 6.87. The maximum Gasteiger partial charge on any atom is 0.258 e. The molecular formula is C33H31N3O3. The van der Waals surface area contributed by atoms with Gasteiger partial charge >= 0.3 is 0 Å². The molecule has 6 nitrogen and oxygen atoms in total. The fourth-order valence-electron chi connectivity index (χ4n) is 4.88. The zero-order chi connectivity index (χ0) is 27.2. The summed E-state index contributed by atoms with van der Waals surface area (Å²) in [5.74, 6) is 0.339. The van der Waals surface area contributed by atoms with Crippen LogP contribution in [0, 0.1) is 0 Å². The highest BCUT2D eigenvalue weighted by molar-refractivity contribution is 5.89. The van der Waals surface area contributed by atoms with Crippen LogP contribution in [0.4, 0.5) is 0 Å². The number of hydrogen-bond acceptors (Lipinski definition) is 4. The van der Waals surface area contributed by atoms with Gasteiger partial charge in [0.2, 0.25) is 0 Å². The monoisotopic (exact) mass is 517 g/mol. The van der Waals surface area contributed by atoms with E-state index in [9.17, 15) is 9.59 Å². The highest BCUT2D eigenvalue weighted by Crippen LogP contribution is 2.30. The van der Waals surface area contributed by atoms with Crippen LogP contribution in [0.5, 0.6) is 5.75 Å². The maximum atomic E-state index is 13.2. The first kappa shape index (κ1) is 25.9. The van der Waals surface area contributed by atoms with Crippen LogP contribution in [0.3, 0.4) is 0 Å². The lowest BCUT2D eigenvalue weighted by Gasteiger charge is -2.27. The standard InChI is InChI=1S/C33H31N3O3/c1-33(2,25-13-7-4-8-14-25)36-30(37)22-39-26-16-18-29-28(20-26)27(17-15-23-10-5-3-6-11-23)31(32(38)35-29)24-12-9-19-34-21-24/h3-14,16,18-21H,15,17,22H2,1-2H3,(H,35,38)(H,36,37). The van der Waals surface area contributed by atoms with E-state index in [0.717, 1.165) is 34.0 Å². The minimum absolute atomic E-state index is 0.125. The van der Waals surface area contributed by atoms with E-state index in [0.29, 0.717) is 17.7 Å². The Hall–Kier alpha value is -4.71. The SMILES string of the molecule is CC(C)(NC(=O)COc1ccc2[nH]c(=O)c(-c3cccnc3)c(CCc3ccccc3)c2c1)c1ccccc1. The van der Waals surface area contributed by atoms with E-state index in [-0.39, 0.29) is 18.1 Å². The van der Waals surface area contributed by atoms with Crippen molar-refractivity contribution < 1.29 is 9.53 Å². The third kappa shape index (κ3) is 6.07. The Labute approximate surface area is 227 Å². The fourth-order valence-corrected chi connectivity index (χ4v) is 4.88. The van der Waals surface area contributed by atoms with Crippen molar-refractivity contribution in [3.8, 4) is 16.9 Å². The number of aryl methyl sites for hydroxylation is 2. The van der Waals surface area contributed by atoms with Crippen LogP contribution in [-0.2, 0) is 23.2 Å². The number of fused-ring (bicyclic) bond motifs is 1. The number of amides is 1. The average Bonchev–Trinajstić information content (AvgIpc) is 2.96. The smallest absolute Gasteiger partial charge is 0.258 e. The van der Waals surface area contributed by atoms with Gasteiger partial charge in [0.05, 0.1) is 11.1 Å². The lowest BCUT2D eigenvalue weighted by molar-refractivity contribution is -0.124. The predicted molar refractivity (Wildman–Crippen MR) is 155 cm³/mol. The zero-order valence-corrected chi connectivity index (χ0v) is 22.1. The van der Waals surface area contributed by atoms with Crippen molar-refractivity contribution in [2.45, 2.75) is 32.2 Å².